The van der Waals surface area contributed by atoms with E-state index in [4.69, 9.17) is 9.84 Å². The molecule has 0 aromatic rings. The number of carbonyl (C=O) groups is 1. The first-order valence-corrected chi connectivity index (χ1v) is 6.55. The highest BCUT2D eigenvalue weighted by molar-refractivity contribution is 5.72. The lowest BCUT2D eigenvalue weighted by Gasteiger charge is -2.29. The second-order valence-corrected chi connectivity index (χ2v) is 5.67. The minimum Gasteiger partial charge on any atom is -0.480 e. The lowest BCUT2D eigenvalue weighted by Crippen LogP contribution is -2.38. The molecule has 1 aliphatic carbocycles. The topological polar surface area (TPSA) is 49.8 Å². The van der Waals surface area contributed by atoms with Crippen LogP contribution >= 0.6 is 0 Å². The van der Waals surface area contributed by atoms with Crippen molar-refractivity contribution in [2.75, 3.05) is 26.8 Å². The van der Waals surface area contributed by atoms with Crippen LogP contribution in [0.2, 0.25) is 0 Å². The summed E-state index contributed by atoms with van der Waals surface area (Å²) in [6, 6.07) is -0.366. The zero-order chi connectivity index (χ0) is 12.5. The monoisotopic (exact) mass is 241 g/mol. The molecule has 0 radical (unpaired) electrons. The van der Waals surface area contributed by atoms with Crippen molar-refractivity contribution in [3.63, 3.8) is 0 Å². The first kappa shape index (κ1) is 12.8. The molecule has 2 aliphatic rings. The number of aliphatic carboxylic acids is 1. The molecular weight excluding hydrogens is 218 g/mol. The fraction of sp³-hybridized carbons (Fsp3) is 0.923. The van der Waals surface area contributed by atoms with E-state index in [0.717, 1.165) is 19.7 Å². The summed E-state index contributed by atoms with van der Waals surface area (Å²) >= 11 is 0. The lowest BCUT2D eigenvalue weighted by atomic mass is 9.77. The van der Waals surface area contributed by atoms with Gasteiger partial charge in [-0.1, -0.05) is 12.8 Å². The molecule has 0 amide bonds. The fourth-order valence-corrected chi connectivity index (χ4v) is 3.60. The summed E-state index contributed by atoms with van der Waals surface area (Å²) in [4.78, 5) is 13.2. The lowest BCUT2D eigenvalue weighted by molar-refractivity contribution is -0.142. The van der Waals surface area contributed by atoms with E-state index in [1.807, 2.05) is 0 Å². The molecule has 4 heteroatoms. The highest BCUT2D eigenvalue weighted by Crippen LogP contribution is 2.49. The van der Waals surface area contributed by atoms with Crippen LogP contribution in [-0.4, -0.2) is 48.8 Å². The van der Waals surface area contributed by atoms with Gasteiger partial charge in [0, 0.05) is 26.1 Å². The maximum Gasteiger partial charge on any atom is 0.320 e. The Morgan fingerprint density at radius 3 is 2.71 bits per heavy atom. The number of nitrogens with zero attached hydrogens (tertiary/aromatic N) is 1. The second-order valence-electron chi connectivity index (χ2n) is 5.67. The van der Waals surface area contributed by atoms with Crippen molar-refractivity contribution < 1.29 is 14.6 Å². The molecule has 0 aromatic heterocycles. The second kappa shape index (κ2) is 4.94. The largest absolute Gasteiger partial charge is 0.480 e. The number of rotatable bonds is 4. The van der Waals surface area contributed by atoms with Crippen molar-refractivity contribution in [1.29, 1.82) is 0 Å². The van der Waals surface area contributed by atoms with Crippen LogP contribution in [-0.2, 0) is 9.53 Å². The fourth-order valence-electron chi connectivity index (χ4n) is 3.60. The Morgan fingerprint density at radius 1 is 1.53 bits per heavy atom. The van der Waals surface area contributed by atoms with Crippen LogP contribution in [0, 0.1) is 11.3 Å². The summed E-state index contributed by atoms with van der Waals surface area (Å²) in [7, 11) is 1.74. The van der Waals surface area contributed by atoms with Gasteiger partial charge in [-0.25, -0.2) is 0 Å². The van der Waals surface area contributed by atoms with Crippen LogP contribution in [0.5, 0.6) is 0 Å². The van der Waals surface area contributed by atoms with E-state index >= 15 is 0 Å². The first-order valence-electron chi connectivity index (χ1n) is 6.55. The molecule has 2 atom stereocenters. The SMILES string of the molecule is COC[C@@H]1CN([C@@H](C)C(=O)O)CC12CCCC2. The molecule has 2 fully saturated rings. The predicted molar refractivity (Wildman–Crippen MR) is 64.9 cm³/mol. The van der Waals surface area contributed by atoms with Gasteiger partial charge in [0.05, 0.1) is 6.61 Å². The zero-order valence-electron chi connectivity index (χ0n) is 10.8. The van der Waals surface area contributed by atoms with Gasteiger partial charge in [-0.15, -0.1) is 0 Å². The van der Waals surface area contributed by atoms with E-state index < -0.39 is 5.97 Å². The third-order valence-electron chi connectivity index (χ3n) is 4.71. The van der Waals surface area contributed by atoms with E-state index in [0.29, 0.717) is 11.3 Å². The third kappa shape index (κ3) is 2.33. The number of likely N-dealkylation sites (tertiary alicyclic amines) is 1. The van der Waals surface area contributed by atoms with Crippen molar-refractivity contribution in [2.45, 2.75) is 38.6 Å². The van der Waals surface area contributed by atoms with Crippen LogP contribution in [0.1, 0.15) is 32.6 Å². The molecule has 4 nitrogen and oxygen atoms in total. The van der Waals surface area contributed by atoms with Gasteiger partial charge in [-0.3, -0.25) is 9.69 Å². The summed E-state index contributed by atoms with van der Waals surface area (Å²) in [5, 5.41) is 9.12. The maximum absolute atomic E-state index is 11.1. The Labute approximate surface area is 103 Å². The number of methoxy groups -OCH3 is 1. The smallest absolute Gasteiger partial charge is 0.320 e. The highest BCUT2D eigenvalue weighted by Gasteiger charge is 2.49. The summed E-state index contributed by atoms with van der Waals surface area (Å²) < 4.78 is 5.33. The number of hydrogen-bond acceptors (Lipinski definition) is 3. The molecule has 17 heavy (non-hydrogen) atoms. The molecular formula is C13H23NO3. The van der Waals surface area contributed by atoms with Crippen LogP contribution in [0.4, 0.5) is 0 Å². The van der Waals surface area contributed by atoms with Crippen molar-refractivity contribution >= 4 is 5.97 Å². The molecule has 1 aliphatic heterocycles. The Kier molecular flexibility index (Phi) is 3.73. The molecule has 1 spiro atoms. The maximum atomic E-state index is 11.1. The first-order chi connectivity index (χ1) is 8.09. The Bertz CT molecular complexity index is 286. The third-order valence-corrected chi connectivity index (χ3v) is 4.71. The van der Waals surface area contributed by atoms with Gasteiger partial charge in [0.25, 0.3) is 0 Å². The van der Waals surface area contributed by atoms with Gasteiger partial charge >= 0.3 is 5.97 Å². The molecule has 98 valence electrons. The van der Waals surface area contributed by atoms with Crippen molar-refractivity contribution in [3.05, 3.63) is 0 Å². The number of carboxylic acid groups (broad SMARTS) is 1. The molecule has 1 saturated heterocycles. The molecule has 0 bridgehead atoms. The van der Waals surface area contributed by atoms with Gasteiger partial charge in [0.15, 0.2) is 0 Å². The van der Waals surface area contributed by atoms with Crippen molar-refractivity contribution in [2.24, 2.45) is 11.3 Å². The summed E-state index contributed by atoms with van der Waals surface area (Å²) in [5.74, 6) is -0.201. The normalized spacial score (nSPS) is 29.9. The molecule has 2 rings (SSSR count). The minimum atomic E-state index is -0.712. The Morgan fingerprint density at radius 2 is 2.18 bits per heavy atom. The minimum absolute atomic E-state index is 0.333. The summed E-state index contributed by atoms with van der Waals surface area (Å²) in [6.07, 6.45) is 5.05. The van der Waals surface area contributed by atoms with Gasteiger partial charge in [-0.05, 0) is 25.2 Å². The van der Waals surface area contributed by atoms with Gasteiger partial charge in [-0.2, -0.15) is 0 Å². The summed E-state index contributed by atoms with van der Waals surface area (Å²) in [5.41, 5.74) is 0.333. The van der Waals surface area contributed by atoms with Gasteiger partial charge in [0.1, 0.15) is 6.04 Å². The van der Waals surface area contributed by atoms with Gasteiger partial charge in [0.2, 0.25) is 0 Å². The number of carboxylic acids is 1. The van der Waals surface area contributed by atoms with E-state index in [-0.39, 0.29) is 6.04 Å². The number of hydrogen-bond donors (Lipinski definition) is 1. The predicted octanol–water partition coefficient (Wildman–Crippen LogP) is 1.60. The average Bonchev–Trinajstić information content (AvgIpc) is 2.88. The molecule has 1 saturated carbocycles. The molecule has 0 aromatic carbocycles. The van der Waals surface area contributed by atoms with Crippen LogP contribution < -0.4 is 0 Å². The molecule has 0 unspecified atom stereocenters. The van der Waals surface area contributed by atoms with Gasteiger partial charge < -0.3 is 9.84 Å². The quantitative estimate of drug-likeness (QED) is 0.812. The van der Waals surface area contributed by atoms with Crippen LogP contribution in [0.15, 0.2) is 0 Å². The van der Waals surface area contributed by atoms with Crippen LogP contribution in [0.25, 0.3) is 0 Å². The Hall–Kier alpha value is -0.610. The highest BCUT2D eigenvalue weighted by atomic mass is 16.5. The van der Waals surface area contributed by atoms with Crippen molar-refractivity contribution in [1.82, 2.24) is 4.90 Å². The van der Waals surface area contributed by atoms with Crippen molar-refractivity contribution in [3.8, 4) is 0 Å². The van der Waals surface area contributed by atoms with E-state index in [2.05, 4.69) is 4.90 Å². The average molecular weight is 241 g/mol. The standard InChI is InChI=1S/C13H23NO3/c1-10(12(15)16)14-7-11(8-17-2)13(9-14)5-3-4-6-13/h10-11H,3-9H2,1-2H3,(H,15,16)/t10-,11-/m0/s1. The molecule has 1 heterocycles. The Balaban J connectivity index is 2.09. The number of ether oxygens (including phenoxy) is 1. The van der Waals surface area contributed by atoms with E-state index in [1.165, 1.54) is 25.7 Å². The zero-order valence-corrected chi connectivity index (χ0v) is 10.8. The van der Waals surface area contributed by atoms with Crippen LogP contribution in [0.3, 0.4) is 0 Å². The summed E-state index contributed by atoms with van der Waals surface area (Å²) in [6.45, 7) is 4.37. The van der Waals surface area contributed by atoms with E-state index in [9.17, 15) is 4.79 Å². The van der Waals surface area contributed by atoms with E-state index in [1.54, 1.807) is 14.0 Å². The molecule has 1 N–H and O–H groups in total.